The van der Waals surface area contributed by atoms with Gasteiger partial charge in [-0.1, -0.05) is 25.1 Å². The monoisotopic (exact) mass is 389 g/mol. The first-order valence-electron chi connectivity index (χ1n) is 10.0. The van der Waals surface area contributed by atoms with E-state index in [1.54, 1.807) is 16.7 Å². The Balaban J connectivity index is 1.87. The maximum absolute atomic E-state index is 12.4. The van der Waals surface area contributed by atoms with Crippen LogP contribution in [0.4, 0.5) is 10.5 Å². The zero-order valence-corrected chi connectivity index (χ0v) is 17.1. The van der Waals surface area contributed by atoms with E-state index in [0.717, 1.165) is 17.7 Å². The lowest BCUT2D eigenvalue weighted by Gasteiger charge is -2.37. The highest BCUT2D eigenvalue weighted by Gasteiger charge is 2.29. The highest BCUT2D eigenvalue weighted by Crippen LogP contribution is 2.19. The Bertz CT molecular complexity index is 684. The number of aryl methyl sites for hydroxylation is 1. The quantitative estimate of drug-likeness (QED) is 0.777. The minimum Gasteiger partial charge on any atom is -0.450 e. The Hall–Kier alpha value is -2.57. The number of piperidine rings is 1. The second kappa shape index (κ2) is 10.7. The van der Waals surface area contributed by atoms with Crippen LogP contribution in [0.3, 0.4) is 0 Å². The number of nitrogens with one attached hydrogen (secondary N) is 1. The molecule has 0 unspecified atom stereocenters. The van der Waals surface area contributed by atoms with Crippen molar-refractivity contribution in [2.24, 2.45) is 0 Å². The molecule has 0 saturated carbocycles. The number of amides is 3. The van der Waals surface area contributed by atoms with Gasteiger partial charge in [0.2, 0.25) is 11.8 Å². The second-order valence-corrected chi connectivity index (χ2v) is 6.94. The van der Waals surface area contributed by atoms with Gasteiger partial charge in [0, 0.05) is 44.7 Å². The third kappa shape index (κ3) is 5.97. The van der Waals surface area contributed by atoms with Crippen LogP contribution in [0.15, 0.2) is 24.3 Å². The average Bonchev–Trinajstić information content (AvgIpc) is 2.69. The third-order valence-corrected chi connectivity index (χ3v) is 5.09. The standard InChI is InChI=1S/C21H31N3O4/c1-4-17-8-6-7-9-19(17)22-20(26)12-15-24(16(3)25)18-10-13-23(14-11-18)21(27)28-5-2/h6-9,18H,4-5,10-15H2,1-3H3,(H,22,26). The molecule has 1 fully saturated rings. The maximum atomic E-state index is 12.4. The topological polar surface area (TPSA) is 79.0 Å². The highest BCUT2D eigenvalue weighted by molar-refractivity contribution is 5.91. The van der Waals surface area contributed by atoms with Crippen LogP contribution in [0.1, 0.15) is 45.6 Å². The molecule has 7 heteroatoms. The summed E-state index contributed by atoms with van der Waals surface area (Å²) in [6.07, 6.45) is 2.17. The fraction of sp³-hybridized carbons (Fsp3) is 0.571. The molecule has 0 bridgehead atoms. The molecule has 0 spiro atoms. The molecule has 0 aliphatic carbocycles. The van der Waals surface area contributed by atoms with Crippen LogP contribution in [-0.4, -0.2) is 60.0 Å². The van der Waals surface area contributed by atoms with E-state index >= 15 is 0 Å². The van der Waals surface area contributed by atoms with E-state index < -0.39 is 0 Å². The molecule has 1 saturated heterocycles. The smallest absolute Gasteiger partial charge is 0.409 e. The normalized spacial score (nSPS) is 14.5. The molecule has 1 N–H and O–H groups in total. The van der Waals surface area contributed by atoms with Crippen molar-refractivity contribution in [3.05, 3.63) is 29.8 Å². The van der Waals surface area contributed by atoms with Crippen molar-refractivity contribution in [3.63, 3.8) is 0 Å². The molecular formula is C21H31N3O4. The van der Waals surface area contributed by atoms with E-state index in [0.29, 0.717) is 39.1 Å². The van der Waals surface area contributed by atoms with Crippen LogP contribution in [0.5, 0.6) is 0 Å². The SMILES string of the molecule is CCOC(=O)N1CCC(N(CCC(=O)Nc2ccccc2CC)C(C)=O)CC1. The van der Waals surface area contributed by atoms with Gasteiger partial charge >= 0.3 is 6.09 Å². The zero-order chi connectivity index (χ0) is 20.5. The summed E-state index contributed by atoms with van der Waals surface area (Å²) in [5, 5.41) is 2.95. The summed E-state index contributed by atoms with van der Waals surface area (Å²) in [5.74, 6) is -0.146. The van der Waals surface area contributed by atoms with Crippen molar-refractivity contribution in [3.8, 4) is 0 Å². The number of ether oxygens (including phenoxy) is 1. The lowest BCUT2D eigenvalue weighted by molar-refractivity contribution is -0.132. The van der Waals surface area contributed by atoms with Crippen LogP contribution < -0.4 is 5.32 Å². The molecule has 1 aromatic carbocycles. The lowest BCUT2D eigenvalue weighted by Crippen LogP contribution is -2.49. The molecule has 3 amide bonds. The molecule has 1 aliphatic rings. The molecule has 0 aromatic heterocycles. The third-order valence-electron chi connectivity index (χ3n) is 5.09. The van der Waals surface area contributed by atoms with Gasteiger partial charge in [0.25, 0.3) is 0 Å². The number of likely N-dealkylation sites (tertiary alicyclic amines) is 1. The Morgan fingerprint density at radius 1 is 1.18 bits per heavy atom. The van der Waals surface area contributed by atoms with Crippen molar-refractivity contribution < 1.29 is 19.1 Å². The van der Waals surface area contributed by atoms with E-state index in [2.05, 4.69) is 5.32 Å². The van der Waals surface area contributed by atoms with E-state index in [9.17, 15) is 14.4 Å². The fourth-order valence-electron chi connectivity index (χ4n) is 3.56. The van der Waals surface area contributed by atoms with Crippen LogP contribution in [0.25, 0.3) is 0 Å². The van der Waals surface area contributed by atoms with Crippen LogP contribution in [0.2, 0.25) is 0 Å². The number of hydrogen-bond donors (Lipinski definition) is 1. The molecule has 7 nitrogen and oxygen atoms in total. The fourth-order valence-corrected chi connectivity index (χ4v) is 3.56. The molecule has 1 aromatic rings. The van der Waals surface area contributed by atoms with Crippen molar-refractivity contribution in [1.29, 1.82) is 0 Å². The lowest BCUT2D eigenvalue weighted by atomic mass is 10.0. The average molecular weight is 389 g/mol. The van der Waals surface area contributed by atoms with Gasteiger partial charge in [-0.15, -0.1) is 0 Å². The van der Waals surface area contributed by atoms with Crippen LogP contribution in [-0.2, 0) is 20.7 Å². The Morgan fingerprint density at radius 2 is 1.86 bits per heavy atom. The minimum absolute atomic E-state index is 0.0407. The van der Waals surface area contributed by atoms with Gasteiger partial charge in [-0.25, -0.2) is 4.79 Å². The summed E-state index contributed by atoms with van der Waals surface area (Å²) >= 11 is 0. The molecule has 154 valence electrons. The van der Waals surface area contributed by atoms with Gasteiger partial charge in [0.1, 0.15) is 0 Å². The molecule has 28 heavy (non-hydrogen) atoms. The summed E-state index contributed by atoms with van der Waals surface area (Å²) in [6.45, 7) is 7.21. The number of hydrogen-bond acceptors (Lipinski definition) is 4. The maximum Gasteiger partial charge on any atom is 0.409 e. The summed E-state index contributed by atoms with van der Waals surface area (Å²) in [7, 11) is 0. The van der Waals surface area contributed by atoms with E-state index in [4.69, 9.17) is 4.74 Å². The Morgan fingerprint density at radius 3 is 2.46 bits per heavy atom. The largest absolute Gasteiger partial charge is 0.450 e. The minimum atomic E-state index is -0.302. The van der Waals surface area contributed by atoms with Crippen molar-refractivity contribution in [2.75, 3.05) is 31.6 Å². The Kier molecular flexibility index (Phi) is 8.29. The number of carbonyl (C=O) groups is 3. The zero-order valence-electron chi connectivity index (χ0n) is 17.1. The van der Waals surface area contributed by atoms with Crippen LogP contribution >= 0.6 is 0 Å². The summed E-state index contributed by atoms with van der Waals surface area (Å²) in [6, 6.07) is 7.78. The predicted octanol–water partition coefficient (Wildman–Crippen LogP) is 3.05. The van der Waals surface area contributed by atoms with Gasteiger partial charge in [-0.3, -0.25) is 9.59 Å². The summed E-state index contributed by atoms with van der Waals surface area (Å²) < 4.78 is 5.03. The second-order valence-electron chi connectivity index (χ2n) is 6.94. The molecular weight excluding hydrogens is 358 g/mol. The first-order chi connectivity index (χ1) is 13.5. The van der Waals surface area contributed by atoms with Gasteiger partial charge in [0.05, 0.1) is 6.61 Å². The molecule has 1 aliphatic heterocycles. The van der Waals surface area contributed by atoms with E-state index in [-0.39, 0.29) is 30.4 Å². The number of nitrogens with zero attached hydrogens (tertiary/aromatic N) is 2. The number of rotatable bonds is 7. The van der Waals surface area contributed by atoms with Gasteiger partial charge < -0.3 is 19.9 Å². The first kappa shape index (κ1) is 21.7. The van der Waals surface area contributed by atoms with Gasteiger partial charge in [-0.2, -0.15) is 0 Å². The van der Waals surface area contributed by atoms with Crippen molar-refractivity contribution in [1.82, 2.24) is 9.80 Å². The summed E-state index contributed by atoms with van der Waals surface area (Å²) in [4.78, 5) is 39.8. The molecule has 2 rings (SSSR count). The predicted molar refractivity (Wildman–Crippen MR) is 108 cm³/mol. The molecule has 0 atom stereocenters. The van der Waals surface area contributed by atoms with E-state index in [1.165, 1.54) is 6.92 Å². The van der Waals surface area contributed by atoms with E-state index in [1.807, 2.05) is 31.2 Å². The summed E-state index contributed by atoms with van der Waals surface area (Å²) in [5.41, 5.74) is 1.91. The molecule has 1 heterocycles. The van der Waals surface area contributed by atoms with Crippen molar-refractivity contribution in [2.45, 2.75) is 52.5 Å². The van der Waals surface area contributed by atoms with Crippen molar-refractivity contribution >= 4 is 23.6 Å². The highest BCUT2D eigenvalue weighted by atomic mass is 16.6. The van der Waals surface area contributed by atoms with Gasteiger partial charge in [-0.05, 0) is 37.8 Å². The first-order valence-corrected chi connectivity index (χ1v) is 10.0. The van der Waals surface area contributed by atoms with Gasteiger partial charge in [0.15, 0.2) is 0 Å². The number of anilines is 1. The number of para-hydroxylation sites is 1. The van der Waals surface area contributed by atoms with Crippen LogP contribution in [0, 0.1) is 0 Å². The number of benzene rings is 1. The number of carbonyl (C=O) groups excluding carboxylic acids is 3. The molecule has 0 radical (unpaired) electrons. The Labute approximate surface area is 167 Å².